The molecule has 0 radical (unpaired) electrons. The van der Waals surface area contributed by atoms with E-state index in [0.717, 1.165) is 37.7 Å². The Balaban J connectivity index is 2.50. The van der Waals surface area contributed by atoms with Gasteiger partial charge in [-0.25, -0.2) is 9.98 Å². The van der Waals surface area contributed by atoms with Crippen molar-refractivity contribution in [1.29, 1.82) is 0 Å². The lowest BCUT2D eigenvalue weighted by atomic mass is 10.2. The van der Waals surface area contributed by atoms with Crippen LogP contribution in [0.3, 0.4) is 0 Å². The third kappa shape index (κ3) is 8.20. The summed E-state index contributed by atoms with van der Waals surface area (Å²) in [6.07, 6.45) is 1.08. The summed E-state index contributed by atoms with van der Waals surface area (Å²) in [6, 6.07) is 6.87. The van der Waals surface area contributed by atoms with Gasteiger partial charge in [-0.15, -0.1) is 0 Å². The minimum absolute atomic E-state index is 0.524. The quantitative estimate of drug-likeness (QED) is 0.386. The Morgan fingerprint density at radius 3 is 2.52 bits per heavy atom. The van der Waals surface area contributed by atoms with Gasteiger partial charge >= 0.3 is 0 Å². The van der Waals surface area contributed by atoms with Crippen LogP contribution in [0.25, 0.3) is 0 Å². The van der Waals surface area contributed by atoms with Gasteiger partial charge in [-0.3, -0.25) is 4.90 Å². The van der Waals surface area contributed by atoms with Gasteiger partial charge in [0.2, 0.25) is 5.88 Å². The Kier molecular flexibility index (Phi) is 9.92. The van der Waals surface area contributed by atoms with Crippen molar-refractivity contribution in [1.82, 2.24) is 20.5 Å². The topological polar surface area (TPSA) is 61.8 Å². The number of aromatic nitrogens is 1. The first-order chi connectivity index (χ1) is 12.0. The van der Waals surface area contributed by atoms with Gasteiger partial charge in [0.1, 0.15) is 0 Å². The molecule has 1 rings (SSSR count). The third-order valence-corrected chi connectivity index (χ3v) is 3.95. The van der Waals surface area contributed by atoms with Gasteiger partial charge in [0.15, 0.2) is 5.96 Å². The molecule has 0 saturated heterocycles. The van der Waals surface area contributed by atoms with Crippen LogP contribution < -0.4 is 15.4 Å². The highest BCUT2D eigenvalue weighted by Crippen LogP contribution is 2.07. The molecule has 0 amide bonds. The molecule has 25 heavy (non-hydrogen) atoms. The maximum Gasteiger partial charge on any atom is 0.213 e. The maximum atomic E-state index is 5.15. The molecule has 0 unspecified atom stereocenters. The van der Waals surface area contributed by atoms with E-state index in [1.54, 1.807) is 7.11 Å². The first-order valence-corrected chi connectivity index (χ1v) is 9.25. The molecule has 2 N–H and O–H groups in total. The summed E-state index contributed by atoms with van der Waals surface area (Å²) in [6.45, 7) is 14.4. The van der Waals surface area contributed by atoms with Crippen molar-refractivity contribution in [2.75, 3.05) is 26.7 Å². The van der Waals surface area contributed by atoms with Crippen molar-refractivity contribution in [3.63, 3.8) is 0 Å². The van der Waals surface area contributed by atoms with Crippen molar-refractivity contribution in [2.45, 2.75) is 59.7 Å². The molecular formula is C19H35N5O. The number of aliphatic imine (C=N–C) groups is 1. The first-order valence-electron chi connectivity index (χ1n) is 9.25. The van der Waals surface area contributed by atoms with Crippen molar-refractivity contribution in [3.8, 4) is 5.88 Å². The number of hydrogen-bond donors (Lipinski definition) is 2. The van der Waals surface area contributed by atoms with E-state index in [1.165, 1.54) is 0 Å². The van der Waals surface area contributed by atoms with Gasteiger partial charge in [0, 0.05) is 37.8 Å². The van der Waals surface area contributed by atoms with Crippen LogP contribution in [-0.2, 0) is 6.54 Å². The lowest BCUT2D eigenvalue weighted by molar-refractivity contribution is 0.173. The first kappa shape index (κ1) is 21.2. The zero-order chi connectivity index (χ0) is 18.7. The summed E-state index contributed by atoms with van der Waals surface area (Å²) in [7, 11) is 1.62. The number of pyridine rings is 1. The highest BCUT2D eigenvalue weighted by molar-refractivity contribution is 5.79. The summed E-state index contributed by atoms with van der Waals surface area (Å²) in [5.41, 5.74) is 0.891. The minimum atomic E-state index is 0.524. The molecule has 6 nitrogen and oxygen atoms in total. The number of hydrogen-bond acceptors (Lipinski definition) is 4. The van der Waals surface area contributed by atoms with Crippen LogP contribution in [0.2, 0.25) is 0 Å². The number of rotatable bonds is 10. The highest BCUT2D eigenvalue weighted by atomic mass is 16.5. The van der Waals surface area contributed by atoms with E-state index >= 15 is 0 Å². The Bertz CT molecular complexity index is 508. The molecule has 1 aromatic rings. The van der Waals surface area contributed by atoms with E-state index in [-0.39, 0.29) is 0 Å². The Morgan fingerprint density at radius 1 is 1.20 bits per heavy atom. The molecule has 1 aromatic heterocycles. The number of guanidine groups is 1. The molecule has 0 aliphatic rings. The van der Waals surface area contributed by atoms with Crippen LogP contribution in [0, 0.1) is 0 Å². The summed E-state index contributed by atoms with van der Waals surface area (Å²) in [5, 5.41) is 6.69. The molecule has 6 heteroatoms. The Morgan fingerprint density at radius 2 is 1.92 bits per heavy atom. The van der Waals surface area contributed by atoms with Crippen molar-refractivity contribution >= 4 is 5.96 Å². The molecule has 0 bridgehead atoms. The Labute approximate surface area is 153 Å². The zero-order valence-corrected chi connectivity index (χ0v) is 16.7. The minimum Gasteiger partial charge on any atom is -0.481 e. The van der Waals surface area contributed by atoms with Gasteiger partial charge in [-0.05, 0) is 47.1 Å². The third-order valence-electron chi connectivity index (χ3n) is 3.95. The summed E-state index contributed by atoms with van der Waals surface area (Å²) < 4.78 is 5.15. The van der Waals surface area contributed by atoms with Crippen LogP contribution in [0.4, 0.5) is 0 Å². The number of nitrogens with one attached hydrogen (secondary N) is 2. The average molecular weight is 350 g/mol. The van der Waals surface area contributed by atoms with Crippen molar-refractivity contribution in [3.05, 3.63) is 23.9 Å². The van der Waals surface area contributed by atoms with Crippen LogP contribution in [0.1, 0.15) is 46.7 Å². The lowest BCUT2D eigenvalue weighted by Gasteiger charge is -2.30. The lowest BCUT2D eigenvalue weighted by Crippen LogP contribution is -2.41. The fraction of sp³-hybridized carbons (Fsp3) is 0.684. The zero-order valence-electron chi connectivity index (χ0n) is 16.7. The van der Waals surface area contributed by atoms with Gasteiger partial charge in [-0.2, -0.15) is 0 Å². The molecular weight excluding hydrogens is 314 g/mol. The SMILES string of the molecule is CCNC(=NCc1cccc(OC)n1)NCCCN(C(C)C)C(C)C. The summed E-state index contributed by atoms with van der Waals surface area (Å²) >= 11 is 0. The fourth-order valence-electron chi connectivity index (χ4n) is 2.74. The molecule has 0 fully saturated rings. The van der Waals surface area contributed by atoms with E-state index in [9.17, 15) is 0 Å². The van der Waals surface area contributed by atoms with Gasteiger partial charge in [0.25, 0.3) is 0 Å². The van der Waals surface area contributed by atoms with Crippen molar-refractivity contribution < 1.29 is 4.74 Å². The van der Waals surface area contributed by atoms with E-state index in [2.05, 4.69) is 60.1 Å². The second-order valence-corrected chi connectivity index (χ2v) is 6.57. The molecule has 1 heterocycles. The monoisotopic (exact) mass is 349 g/mol. The number of methoxy groups -OCH3 is 1. The molecule has 0 atom stereocenters. The maximum absolute atomic E-state index is 5.15. The number of nitrogens with zero attached hydrogens (tertiary/aromatic N) is 3. The molecule has 142 valence electrons. The van der Waals surface area contributed by atoms with Crippen LogP contribution in [0.15, 0.2) is 23.2 Å². The summed E-state index contributed by atoms with van der Waals surface area (Å²) in [5.74, 6) is 1.45. The normalized spacial score (nSPS) is 12.1. The van der Waals surface area contributed by atoms with E-state index in [1.807, 2.05) is 18.2 Å². The van der Waals surface area contributed by atoms with Gasteiger partial charge in [-0.1, -0.05) is 6.07 Å². The standard InChI is InChI=1S/C19H35N5O/c1-7-20-19(21-12-9-13-24(15(2)3)16(4)5)22-14-17-10-8-11-18(23-17)25-6/h8,10-11,15-16H,7,9,12-14H2,1-6H3,(H2,20,21,22). The van der Waals surface area contributed by atoms with Crippen LogP contribution in [-0.4, -0.2) is 54.7 Å². The summed E-state index contributed by atoms with van der Waals surface area (Å²) in [4.78, 5) is 11.5. The second kappa shape index (κ2) is 11.7. The largest absolute Gasteiger partial charge is 0.481 e. The van der Waals surface area contributed by atoms with Crippen LogP contribution >= 0.6 is 0 Å². The number of ether oxygens (including phenoxy) is 1. The molecule has 0 aliphatic carbocycles. The van der Waals surface area contributed by atoms with E-state index in [4.69, 9.17) is 4.74 Å². The van der Waals surface area contributed by atoms with Gasteiger partial charge < -0.3 is 15.4 Å². The Hall–Kier alpha value is -1.82. The second-order valence-electron chi connectivity index (χ2n) is 6.57. The smallest absolute Gasteiger partial charge is 0.213 e. The van der Waals surface area contributed by atoms with Gasteiger partial charge in [0.05, 0.1) is 19.3 Å². The predicted octanol–water partition coefficient (Wildman–Crippen LogP) is 2.65. The van der Waals surface area contributed by atoms with E-state index in [0.29, 0.717) is 24.5 Å². The molecule has 0 aromatic carbocycles. The molecule has 0 spiro atoms. The van der Waals surface area contributed by atoms with E-state index < -0.39 is 0 Å². The average Bonchev–Trinajstić information content (AvgIpc) is 2.58. The molecule has 0 aliphatic heterocycles. The van der Waals surface area contributed by atoms with Crippen LogP contribution in [0.5, 0.6) is 5.88 Å². The van der Waals surface area contributed by atoms with Crippen molar-refractivity contribution in [2.24, 2.45) is 4.99 Å². The molecule has 0 saturated carbocycles. The fourth-order valence-corrected chi connectivity index (χ4v) is 2.74. The highest BCUT2D eigenvalue weighted by Gasteiger charge is 2.12. The predicted molar refractivity (Wildman–Crippen MR) is 105 cm³/mol.